The minimum Gasteiger partial charge on any atom is -0.326 e. The summed E-state index contributed by atoms with van der Waals surface area (Å²) in [7, 11) is 0. The zero-order valence-electron chi connectivity index (χ0n) is 11.8. The van der Waals surface area contributed by atoms with Gasteiger partial charge in [0.2, 0.25) is 0 Å². The number of nitrogens with two attached hydrogens (primary N) is 1. The molecule has 1 fully saturated rings. The molecule has 0 saturated carbocycles. The zero-order chi connectivity index (χ0) is 14.2. The van der Waals surface area contributed by atoms with Crippen LogP contribution in [0.25, 0.3) is 0 Å². The fourth-order valence-corrected chi connectivity index (χ4v) is 3.49. The molecule has 0 aliphatic carbocycles. The smallest absolute Gasteiger partial charge is 0.0505 e. The molecule has 1 aromatic rings. The van der Waals surface area contributed by atoms with Gasteiger partial charge in [-0.2, -0.15) is 0 Å². The molecule has 0 bridgehead atoms. The van der Waals surface area contributed by atoms with Crippen molar-refractivity contribution in [2.45, 2.75) is 51.2 Å². The Morgan fingerprint density at radius 3 is 2.26 bits per heavy atom. The van der Waals surface area contributed by atoms with E-state index in [-0.39, 0.29) is 17.6 Å². The first-order chi connectivity index (χ1) is 8.79. The lowest BCUT2D eigenvalue weighted by atomic mass is 9.87. The highest BCUT2D eigenvalue weighted by molar-refractivity contribution is 6.34. The highest BCUT2D eigenvalue weighted by Gasteiger charge is 2.36. The molecule has 106 valence electrons. The summed E-state index contributed by atoms with van der Waals surface area (Å²) < 4.78 is 0. The molecule has 1 heterocycles. The van der Waals surface area contributed by atoms with Crippen LogP contribution in [0.5, 0.6) is 0 Å². The lowest BCUT2D eigenvalue weighted by molar-refractivity contribution is 0.0384. The Bertz CT molecular complexity index is 434. The number of hydrogen-bond donors (Lipinski definition) is 1. The van der Waals surface area contributed by atoms with Crippen molar-refractivity contribution in [2.75, 3.05) is 6.54 Å². The third kappa shape index (κ3) is 3.43. The number of nitrogens with zero attached hydrogens (tertiary/aromatic N) is 1. The summed E-state index contributed by atoms with van der Waals surface area (Å²) in [6.45, 7) is 7.74. The Morgan fingerprint density at radius 2 is 1.74 bits per heavy atom. The predicted molar refractivity (Wildman–Crippen MR) is 82.9 cm³/mol. The summed E-state index contributed by atoms with van der Waals surface area (Å²) in [5.41, 5.74) is 7.58. The van der Waals surface area contributed by atoms with Crippen LogP contribution < -0.4 is 5.73 Å². The lowest BCUT2D eigenvalue weighted by Gasteiger charge is -2.47. The molecule has 19 heavy (non-hydrogen) atoms. The predicted octanol–water partition coefficient (Wildman–Crippen LogP) is 4.26. The summed E-state index contributed by atoms with van der Waals surface area (Å²) in [5, 5.41) is 1.35. The van der Waals surface area contributed by atoms with Gasteiger partial charge in [-0.05, 0) is 63.9 Å². The molecule has 0 radical (unpaired) electrons. The maximum atomic E-state index is 6.37. The summed E-state index contributed by atoms with van der Waals surface area (Å²) >= 11 is 12.3. The molecule has 1 saturated heterocycles. The van der Waals surface area contributed by atoms with Gasteiger partial charge >= 0.3 is 0 Å². The molecule has 0 aromatic heterocycles. The van der Waals surface area contributed by atoms with Gasteiger partial charge in [0.25, 0.3) is 0 Å². The van der Waals surface area contributed by atoms with Gasteiger partial charge < -0.3 is 5.73 Å². The molecule has 2 nitrogen and oxygen atoms in total. The molecule has 2 unspecified atom stereocenters. The Labute approximate surface area is 125 Å². The minimum atomic E-state index is 0.0809. The van der Waals surface area contributed by atoms with Gasteiger partial charge in [-0.1, -0.05) is 23.2 Å². The molecule has 1 aliphatic heterocycles. The molecular formula is C15H22Cl2N2. The average molecular weight is 301 g/mol. The van der Waals surface area contributed by atoms with Gasteiger partial charge in [-0.15, -0.1) is 0 Å². The van der Waals surface area contributed by atoms with Crippen LogP contribution in [0.1, 0.15) is 45.2 Å². The number of halogens is 2. The van der Waals surface area contributed by atoms with Crippen LogP contribution in [0.3, 0.4) is 0 Å². The number of piperidine rings is 1. The van der Waals surface area contributed by atoms with Crippen LogP contribution in [0.2, 0.25) is 10.0 Å². The number of benzene rings is 1. The molecule has 2 N–H and O–H groups in total. The number of likely N-dealkylation sites (tertiary alicyclic amines) is 1. The van der Waals surface area contributed by atoms with E-state index in [1.807, 2.05) is 12.1 Å². The van der Waals surface area contributed by atoms with Crippen molar-refractivity contribution < 1.29 is 0 Å². The van der Waals surface area contributed by atoms with E-state index in [0.717, 1.165) is 24.9 Å². The SMILES string of the molecule is CC(C)(C)N1CCCC(N)C1c1cc(Cl)cc(Cl)c1. The zero-order valence-corrected chi connectivity index (χ0v) is 13.3. The van der Waals surface area contributed by atoms with Crippen LogP contribution in [-0.2, 0) is 0 Å². The topological polar surface area (TPSA) is 29.3 Å². The molecule has 2 rings (SSSR count). The van der Waals surface area contributed by atoms with E-state index in [4.69, 9.17) is 28.9 Å². The molecule has 0 amide bonds. The van der Waals surface area contributed by atoms with Crippen LogP contribution >= 0.6 is 23.2 Å². The van der Waals surface area contributed by atoms with Crippen molar-refractivity contribution >= 4 is 23.2 Å². The van der Waals surface area contributed by atoms with Crippen LogP contribution in [0.15, 0.2) is 18.2 Å². The number of rotatable bonds is 1. The monoisotopic (exact) mass is 300 g/mol. The third-order valence-corrected chi connectivity index (χ3v) is 4.20. The first-order valence-electron chi connectivity index (χ1n) is 6.77. The molecule has 0 spiro atoms. The van der Waals surface area contributed by atoms with E-state index in [9.17, 15) is 0 Å². The Hall–Kier alpha value is -0.280. The van der Waals surface area contributed by atoms with Gasteiger partial charge in [0.1, 0.15) is 0 Å². The maximum Gasteiger partial charge on any atom is 0.0505 e. The van der Waals surface area contributed by atoms with Crippen LogP contribution in [0.4, 0.5) is 0 Å². The highest BCUT2D eigenvalue weighted by Crippen LogP contribution is 2.37. The summed E-state index contributed by atoms with van der Waals surface area (Å²) in [6.07, 6.45) is 2.19. The third-order valence-electron chi connectivity index (χ3n) is 3.77. The van der Waals surface area contributed by atoms with Crippen molar-refractivity contribution in [2.24, 2.45) is 5.73 Å². The highest BCUT2D eigenvalue weighted by atomic mass is 35.5. The largest absolute Gasteiger partial charge is 0.326 e. The Balaban J connectivity index is 2.41. The fraction of sp³-hybridized carbons (Fsp3) is 0.600. The second-order valence-electron chi connectivity index (χ2n) is 6.32. The second kappa shape index (κ2) is 5.61. The van der Waals surface area contributed by atoms with Crippen LogP contribution in [0, 0.1) is 0 Å². The number of hydrogen-bond acceptors (Lipinski definition) is 2. The van der Waals surface area contributed by atoms with E-state index in [0.29, 0.717) is 10.0 Å². The Kier molecular flexibility index (Phi) is 4.46. The van der Waals surface area contributed by atoms with Crippen molar-refractivity contribution in [1.29, 1.82) is 0 Å². The van der Waals surface area contributed by atoms with Gasteiger partial charge in [0, 0.05) is 21.6 Å². The van der Waals surface area contributed by atoms with Crippen molar-refractivity contribution in [3.8, 4) is 0 Å². The molecule has 1 aliphatic rings. The first-order valence-corrected chi connectivity index (χ1v) is 7.53. The average Bonchev–Trinajstić information content (AvgIpc) is 2.25. The molecular weight excluding hydrogens is 279 g/mol. The standard InChI is InChI=1S/C15H22Cl2N2/c1-15(2,3)19-6-4-5-13(18)14(19)10-7-11(16)9-12(17)8-10/h7-9,13-14H,4-6,18H2,1-3H3. The Morgan fingerprint density at radius 1 is 1.16 bits per heavy atom. The van der Waals surface area contributed by atoms with E-state index >= 15 is 0 Å². The van der Waals surface area contributed by atoms with Crippen molar-refractivity contribution in [3.05, 3.63) is 33.8 Å². The maximum absolute atomic E-state index is 6.37. The normalized spacial score (nSPS) is 25.6. The quantitative estimate of drug-likeness (QED) is 0.840. The summed E-state index contributed by atoms with van der Waals surface area (Å²) in [6, 6.07) is 6.05. The second-order valence-corrected chi connectivity index (χ2v) is 7.19. The van der Waals surface area contributed by atoms with Crippen molar-refractivity contribution in [3.63, 3.8) is 0 Å². The molecule has 2 atom stereocenters. The van der Waals surface area contributed by atoms with Gasteiger partial charge in [-0.3, -0.25) is 4.90 Å². The van der Waals surface area contributed by atoms with Gasteiger partial charge in [0.15, 0.2) is 0 Å². The van der Waals surface area contributed by atoms with E-state index in [1.165, 1.54) is 0 Å². The fourth-order valence-electron chi connectivity index (χ4n) is 2.95. The summed E-state index contributed by atoms with van der Waals surface area (Å²) in [5.74, 6) is 0. The first kappa shape index (κ1) is 15.1. The van der Waals surface area contributed by atoms with E-state index < -0.39 is 0 Å². The molecule has 1 aromatic carbocycles. The van der Waals surface area contributed by atoms with Gasteiger partial charge in [0.05, 0.1) is 6.04 Å². The van der Waals surface area contributed by atoms with Crippen LogP contribution in [-0.4, -0.2) is 23.0 Å². The van der Waals surface area contributed by atoms with Crippen molar-refractivity contribution in [1.82, 2.24) is 4.90 Å². The summed E-state index contributed by atoms with van der Waals surface area (Å²) in [4.78, 5) is 2.46. The molecule has 4 heteroatoms. The van der Waals surface area contributed by atoms with E-state index in [2.05, 4.69) is 25.7 Å². The lowest BCUT2D eigenvalue weighted by Crippen LogP contribution is -2.53. The minimum absolute atomic E-state index is 0.0809. The van der Waals surface area contributed by atoms with Gasteiger partial charge in [-0.25, -0.2) is 0 Å². The van der Waals surface area contributed by atoms with E-state index in [1.54, 1.807) is 6.07 Å².